The van der Waals surface area contributed by atoms with Crippen LogP contribution >= 0.6 is 0 Å². The highest BCUT2D eigenvalue weighted by Crippen LogP contribution is 2.20. The summed E-state index contributed by atoms with van der Waals surface area (Å²) in [5.41, 5.74) is 6.02. The van der Waals surface area contributed by atoms with Crippen molar-refractivity contribution in [3.8, 4) is 0 Å². The third-order valence-electron chi connectivity index (χ3n) is 2.76. The molecule has 0 radical (unpaired) electrons. The molecule has 98 valence electrons. The van der Waals surface area contributed by atoms with E-state index >= 15 is 0 Å². The van der Waals surface area contributed by atoms with Gasteiger partial charge in [-0.3, -0.25) is 4.79 Å². The predicted molar refractivity (Wildman–Crippen MR) is 69.9 cm³/mol. The molecular weight excluding hydrogens is 250 g/mol. The zero-order valence-electron chi connectivity index (χ0n) is 10.2. The lowest BCUT2D eigenvalue weighted by atomic mass is 10.1. The first-order valence-corrected chi connectivity index (χ1v) is 5.58. The van der Waals surface area contributed by atoms with E-state index in [1.807, 2.05) is 0 Å². The Morgan fingerprint density at radius 3 is 2.11 bits per heavy atom. The monoisotopic (exact) mass is 262 g/mol. The number of hydrogen-bond donors (Lipinski definition) is 1. The molecule has 0 aliphatic heterocycles. The Morgan fingerprint density at radius 2 is 1.58 bits per heavy atom. The van der Waals surface area contributed by atoms with Crippen LogP contribution in [0.3, 0.4) is 0 Å². The molecule has 0 saturated carbocycles. The summed E-state index contributed by atoms with van der Waals surface area (Å²) in [5, 5.41) is 0. The van der Waals surface area contributed by atoms with Crippen LogP contribution in [0.1, 0.15) is 10.4 Å². The highest BCUT2D eigenvalue weighted by atomic mass is 19.1. The van der Waals surface area contributed by atoms with Gasteiger partial charge in [0.05, 0.1) is 0 Å². The van der Waals surface area contributed by atoms with Gasteiger partial charge in [-0.15, -0.1) is 0 Å². The number of halogens is 2. The zero-order chi connectivity index (χ0) is 14.0. The number of nitrogens with zero attached hydrogens (tertiary/aromatic N) is 1. The number of carbonyl (C=O) groups is 1. The standard InChI is InChI=1S/C14H12F2N2O/c1-18(10-7-5-9(17)6-8-10)14(19)13-11(15)3-2-4-12(13)16/h2-8H,17H2,1H3. The minimum absolute atomic E-state index is 0.502. The van der Waals surface area contributed by atoms with Gasteiger partial charge in [-0.25, -0.2) is 8.78 Å². The fourth-order valence-corrected chi connectivity index (χ4v) is 1.69. The molecule has 2 aromatic carbocycles. The first kappa shape index (κ1) is 13.0. The maximum Gasteiger partial charge on any atom is 0.263 e. The molecule has 2 rings (SSSR count). The number of nitrogens with two attached hydrogens (primary N) is 1. The zero-order valence-corrected chi connectivity index (χ0v) is 10.2. The van der Waals surface area contributed by atoms with Crippen molar-refractivity contribution in [3.63, 3.8) is 0 Å². The summed E-state index contributed by atoms with van der Waals surface area (Å²) in [5.74, 6) is -2.51. The van der Waals surface area contributed by atoms with Gasteiger partial charge in [0, 0.05) is 18.4 Å². The van der Waals surface area contributed by atoms with Gasteiger partial charge in [-0.1, -0.05) is 6.07 Å². The van der Waals surface area contributed by atoms with Gasteiger partial charge in [-0.05, 0) is 36.4 Å². The van der Waals surface area contributed by atoms with Crippen LogP contribution in [-0.2, 0) is 0 Å². The molecule has 0 atom stereocenters. The molecule has 3 nitrogen and oxygen atoms in total. The second-order valence-electron chi connectivity index (χ2n) is 4.05. The van der Waals surface area contributed by atoms with E-state index in [1.54, 1.807) is 24.3 Å². The molecule has 0 aromatic heterocycles. The predicted octanol–water partition coefficient (Wildman–Crippen LogP) is 2.82. The summed E-state index contributed by atoms with van der Waals surface area (Å²) in [4.78, 5) is 13.3. The topological polar surface area (TPSA) is 46.3 Å². The molecule has 0 bridgehead atoms. The third kappa shape index (κ3) is 2.54. The maximum absolute atomic E-state index is 13.5. The Labute approximate surface area is 109 Å². The minimum Gasteiger partial charge on any atom is -0.399 e. The smallest absolute Gasteiger partial charge is 0.263 e. The lowest BCUT2D eigenvalue weighted by molar-refractivity contribution is 0.0985. The van der Waals surface area contributed by atoms with Crippen molar-refractivity contribution >= 4 is 17.3 Å². The quantitative estimate of drug-likeness (QED) is 0.846. The molecule has 2 N–H and O–H groups in total. The van der Waals surface area contributed by atoms with E-state index in [0.717, 1.165) is 12.1 Å². The summed E-state index contributed by atoms with van der Waals surface area (Å²) in [6.07, 6.45) is 0. The van der Waals surface area contributed by atoms with Gasteiger partial charge in [0.1, 0.15) is 17.2 Å². The molecule has 19 heavy (non-hydrogen) atoms. The summed E-state index contributed by atoms with van der Waals surface area (Å²) >= 11 is 0. The second kappa shape index (κ2) is 5.06. The number of rotatable bonds is 2. The maximum atomic E-state index is 13.5. The number of nitrogen functional groups attached to an aromatic ring is 1. The Kier molecular flexibility index (Phi) is 3.46. The van der Waals surface area contributed by atoms with Crippen molar-refractivity contribution < 1.29 is 13.6 Å². The summed E-state index contributed by atoms with van der Waals surface area (Å²) < 4.78 is 27.1. The van der Waals surface area contributed by atoms with Crippen LogP contribution in [0.15, 0.2) is 42.5 Å². The number of amides is 1. The first-order chi connectivity index (χ1) is 9.00. The molecule has 0 unspecified atom stereocenters. The van der Waals surface area contributed by atoms with Crippen molar-refractivity contribution in [2.45, 2.75) is 0 Å². The normalized spacial score (nSPS) is 10.3. The molecule has 0 aliphatic rings. The van der Waals surface area contributed by atoms with Gasteiger partial charge < -0.3 is 10.6 Å². The first-order valence-electron chi connectivity index (χ1n) is 5.58. The van der Waals surface area contributed by atoms with Crippen LogP contribution in [0, 0.1) is 11.6 Å². The van der Waals surface area contributed by atoms with Gasteiger partial charge >= 0.3 is 0 Å². The van der Waals surface area contributed by atoms with Gasteiger partial charge in [0.15, 0.2) is 0 Å². The fraction of sp³-hybridized carbons (Fsp3) is 0.0714. The number of carbonyl (C=O) groups excluding carboxylic acids is 1. The van der Waals surface area contributed by atoms with Crippen molar-refractivity contribution in [2.24, 2.45) is 0 Å². The van der Waals surface area contributed by atoms with Gasteiger partial charge in [0.2, 0.25) is 0 Å². The molecule has 5 heteroatoms. The lowest BCUT2D eigenvalue weighted by Crippen LogP contribution is -2.28. The Morgan fingerprint density at radius 1 is 1.05 bits per heavy atom. The van der Waals surface area contributed by atoms with Crippen LogP contribution < -0.4 is 10.6 Å². The number of benzene rings is 2. The van der Waals surface area contributed by atoms with Gasteiger partial charge in [-0.2, -0.15) is 0 Å². The SMILES string of the molecule is CN(C(=O)c1c(F)cccc1F)c1ccc(N)cc1. The highest BCUT2D eigenvalue weighted by molar-refractivity contribution is 6.06. The largest absolute Gasteiger partial charge is 0.399 e. The van der Waals surface area contributed by atoms with Crippen molar-refractivity contribution in [1.29, 1.82) is 0 Å². The van der Waals surface area contributed by atoms with Gasteiger partial charge in [0.25, 0.3) is 5.91 Å². The van der Waals surface area contributed by atoms with E-state index in [2.05, 4.69) is 0 Å². The van der Waals surface area contributed by atoms with E-state index in [4.69, 9.17) is 5.73 Å². The van der Waals surface area contributed by atoms with E-state index < -0.39 is 23.1 Å². The molecule has 0 spiro atoms. The van der Waals surface area contributed by atoms with Crippen LogP contribution in [0.4, 0.5) is 20.2 Å². The molecule has 0 saturated heterocycles. The Balaban J connectivity index is 2.36. The highest BCUT2D eigenvalue weighted by Gasteiger charge is 2.21. The second-order valence-corrected chi connectivity index (χ2v) is 4.05. The lowest BCUT2D eigenvalue weighted by Gasteiger charge is -2.18. The summed E-state index contributed by atoms with van der Waals surface area (Å²) in [7, 11) is 1.44. The number of anilines is 2. The van der Waals surface area contributed by atoms with E-state index in [0.29, 0.717) is 11.4 Å². The van der Waals surface area contributed by atoms with E-state index in [1.165, 1.54) is 18.0 Å². The molecule has 1 amide bonds. The molecule has 0 fully saturated rings. The molecule has 0 heterocycles. The van der Waals surface area contributed by atoms with Crippen LogP contribution in [0.2, 0.25) is 0 Å². The summed E-state index contributed by atoms with van der Waals surface area (Å²) in [6.45, 7) is 0. The van der Waals surface area contributed by atoms with Crippen LogP contribution in [-0.4, -0.2) is 13.0 Å². The average molecular weight is 262 g/mol. The van der Waals surface area contributed by atoms with E-state index in [9.17, 15) is 13.6 Å². The molecule has 0 aliphatic carbocycles. The Hall–Kier alpha value is -2.43. The number of hydrogen-bond acceptors (Lipinski definition) is 2. The van der Waals surface area contributed by atoms with E-state index in [-0.39, 0.29) is 0 Å². The summed E-state index contributed by atoms with van der Waals surface area (Å²) in [6, 6.07) is 9.73. The fourth-order valence-electron chi connectivity index (χ4n) is 1.69. The van der Waals surface area contributed by atoms with Crippen molar-refractivity contribution in [2.75, 3.05) is 17.7 Å². The minimum atomic E-state index is -0.882. The van der Waals surface area contributed by atoms with Crippen LogP contribution in [0.5, 0.6) is 0 Å². The van der Waals surface area contributed by atoms with Crippen molar-refractivity contribution in [1.82, 2.24) is 0 Å². The molecule has 2 aromatic rings. The third-order valence-corrected chi connectivity index (χ3v) is 2.76. The average Bonchev–Trinajstić information content (AvgIpc) is 2.38. The molecular formula is C14H12F2N2O. The van der Waals surface area contributed by atoms with Crippen molar-refractivity contribution in [3.05, 3.63) is 59.7 Å². The van der Waals surface area contributed by atoms with Crippen LogP contribution in [0.25, 0.3) is 0 Å². The Bertz CT molecular complexity index is 591.